The summed E-state index contributed by atoms with van der Waals surface area (Å²) in [5, 5.41) is 15.9. The van der Waals surface area contributed by atoms with Gasteiger partial charge in [-0.05, 0) is 31.5 Å². The van der Waals surface area contributed by atoms with E-state index in [0.29, 0.717) is 12.2 Å². The number of ether oxygens (including phenoxy) is 2. The fourth-order valence-corrected chi connectivity index (χ4v) is 2.54. The summed E-state index contributed by atoms with van der Waals surface area (Å²) in [5.41, 5.74) is 4.51. The Kier molecular flexibility index (Phi) is 4.01. The van der Waals surface area contributed by atoms with E-state index < -0.39 is 0 Å². The summed E-state index contributed by atoms with van der Waals surface area (Å²) >= 11 is 0. The van der Waals surface area contributed by atoms with Crippen LogP contribution in [-0.4, -0.2) is 34.0 Å². The van der Waals surface area contributed by atoms with Gasteiger partial charge in [0.25, 0.3) is 0 Å². The number of anilines is 1. The molecule has 0 amide bonds. The van der Waals surface area contributed by atoms with Crippen LogP contribution in [0.4, 0.5) is 5.69 Å². The zero-order valence-corrected chi connectivity index (χ0v) is 13.6. The van der Waals surface area contributed by atoms with Crippen molar-refractivity contribution in [1.29, 1.82) is 0 Å². The van der Waals surface area contributed by atoms with Crippen LogP contribution in [0.3, 0.4) is 0 Å². The fourth-order valence-electron chi connectivity index (χ4n) is 2.54. The van der Waals surface area contributed by atoms with Gasteiger partial charge >= 0.3 is 0 Å². The van der Waals surface area contributed by atoms with Crippen molar-refractivity contribution in [2.45, 2.75) is 20.4 Å². The molecule has 23 heavy (non-hydrogen) atoms. The number of aryl methyl sites for hydroxylation is 1. The monoisotopic (exact) mass is 313 g/mol. The van der Waals surface area contributed by atoms with Gasteiger partial charge in [0, 0.05) is 6.54 Å². The van der Waals surface area contributed by atoms with Crippen molar-refractivity contribution in [3.8, 4) is 11.5 Å². The Balaban J connectivity index is 1.99. The molecule has 0 radical (unpaired) electrons. The molecule has 0 fully saturated rings. The highest BCUT2D eigenvalue weighted by atomic mass is 16.5. The van der Waals surface area contributed by atoms with Crippen molar-refractivity contribution in [3.05, 3.63) is 41.3 Å². The summed E-state index contributed by atoms with van der Waals surface area (Å²) in [5.74, 6) is 1.55. The SMILES string of the molecule is COc1cccc(OC)c1CNc1c(C)c(C)nn2cnnc12. The highest BCUT2D eigenvalue weighted by molar-refractivity contribution is 5.71. The zero-order chi connectivity index (χ0) is 16.4. The summed E-state index contributed by atoms with van der Waals surface area (Å²) in [6, 6.07) is 5.73. The predicted molar refractivity (Wildman–Crippen MR) is 87.1 cm³/mol. The lowest BCUT2D eigenvalue weighted by Gasteiger charge is -2.16. The van der Waals surface area contributed by atoms with E-state index in [-0.39, 0.29) is 0 Å². The van der Waals surface area contributed by atoms with Gasteiger partial charge in [-0.15, -0.1) is 10.2 Å². The molecule has 0 atom stereocenters. The third-order valence-corrected chi connectivity index (χ3v) is 3.90. The van der Waals surface area contributed by atoms with Crippen LogP contribution in [0.25, 0.3) is 5.65 Å². The number of methoxy groups -OCH3 is 2. The standard InChI is InChI=1S/C16H19N5O2/c1-10-11(2)20-21-9-18-19-16(21)15(10)17-8-12-13(22-3)6-5-7-14(12)23-4/h5-7,9,17H,8H2,1-4H3. The smallest absolute Gasteiger partial charge is 0.200 e. The van der Waals surface area contributed by atoms with E-state index in [2.05, 4.69) is 20.6 Å². The van der Waals surface area contributed by atoms with Crippen LogP contribution >= 0.6 is 0 Å². The first kappa shape index (κ1) is 15.1. The maximum Gasteiger partial charge on any atom is 0.200 e. The van der Waals surface area contributed by atoms with E-state index in [0.717, 1.165) is 34.0 Å². The van der Waals surface area contributed by atoms with Gasteiger partial charge in [-0.1, -0.05) is 6.07 Å². The quantitative estimate of drug-likeness (QED) is 0.779. The van der Waals surface area contributed by atoms with Crippen LogP contribution in [0.5, 0.6) is 11.5 Å². The summed E-state index contributed by atoms with van der Waals surface area (Å²) in [6.07, 6.45) is 1.59. The minimum absolute atomic E-state index is 0.542. The number of aromatic nitrogens is 4. The number of fused-ring (bicyclic) bond motifs is 1. The molecule has 120 valence electrons. The van der Waals surface area contributed by atoms with Crippen molar-refractivity contribution in [3.63, 3.8) is 0 Å². The number of hydrogen-bond acceptors (Lipinski definition) is 6. The predicted octanol–water partition coefficient (Wildman–Crippen LogP) is 2.37. The van der Waals surface area contributed by atoms with E-state index in [1.165, 1.54) is 0 Å². The molecular weight excluding hydrogens is 294 g/mol. The molecule has 0 saturated heterocycles. The van der Waals surface area contributed by atoms with Crippen molar-refractivity contribution in [2.75, 3.05) is 19.5 Å². The summed E-state index contributed by atoms with van der Waals surface area (Å²) in [4.78, 5) is 0. The molecule has 3 aromatic rings. The van der Waals surface area contributed by atoms with Gasteiger partial charge in [0.05, 0.1) is 31.2 Å². The van der Waals surface area contributed by atoms with Gasteiger partial charge in [0.2, 0.25) is 5.65 Å². The normalized spacial score (nSPS) is 10.8. The van der Waals surface area contributed by atoms with Crippen LogP contribution in [0.2, 0.25) is 0 Å². The second-order valence-corrected chi connectivity index (χ2v) is 5.18. The minimum atomic E-state index is 0.542. The van der Waals surface area contributed by atoms with Gasteiger partial charge in [0.1, 0.15) is 17.8 Å². The largest absolute Gasteiger partial charge is 0.496 e. The maximum atomic E-state index is 5.44. The second-order valence-electron chi connectivity index (χ2n) is 5.18. The molecule has 0 spiro atoms. The van der Waals surface area contributed by atoms with E-state index in [1.807, 2.05) is 32.0 Å². The van der Waals surface area contributed by atoms with Gasteiger partial charge in [-0.3, -0.25) is 0 Å². The summed E-state index contributed by atoms with van der Waals surface area (Å²) < 4.78 is 12.5. The van der Waals surface area contributed by atoms with Gasteiger partial charge in [0.15, 0.2) is 0 Å². The maximum absolute atomic E-state index is 5.44. The van der Waals surface area contributed by atoms with Crippen molar-refractivity contribution >= 4 is 11.3 Å². The molecule has 7 nitrogen and oxygen atoms in total. The van der Waals surface area contributed by atoms with E-state index in [1.54, 1.807) is 25.1 Å². The van der Waals surface area contributed by atoms with Gasteiger partial charge in [-0.2, -0.15) is 9.61 Å². The third kappa shape index (κ3) is 2.65. The van der Waals surface area contributed by atoms with Crippen molar-refractivity contribution < 1.29 is 9.47 Å². The second kappa shape index (κ2) is 6.12. The van der Waals surface area contributed by atoms with Gasteiger partial charge < -0.3 is 14.8 Å². The molecule has 7 heteroatoms. The molecule has 1 N–H and O–H groups in total. The third-order valence-electron chi connectivity index (χ3n) is 3.90. The first-order valence-corrected chi connectivity index (χ1v) is 7.26. The molecule has 2 heterocycles. The lowest BCUT2D eigenvalue weighted by atomic mass is 10.1. The first-order chi connectivity index (χ1) is 11.2. The van der Waals surface area contributed by atoms with Crippen molar-refractivity contribution in [2.24, 2.45) is 0 Å². The average molecular weight is 313 g/mol. The lowest BCUT2D eigenvalue weighted by molar-refractivity contribution is 0.386. The molecule has 0 bridgehead atoms. The van der Waals surface area contributed by atoms with E-state index in [9.17, 15) is 0 Å². The fraction of sp³-hybridized carbons (Fsp3) is 0.312. The van der Waals surface area contributed by atoms with Crippen molar-refractivity contribution in [1.82, 2.24) is 19.8 Å². The average Bonchev–Trinajstić information content (AvgIpc) is 3.02. The molecular formula is C16H19N5O2. The Morgan fingerprint density at radius 2 is 1.83 bits per heavy atom. The Hall–Kier alpha value is -2.83. The van der Waals surface area contributed by atoms with E-state index in [4.69, 9.17) is 9.47 Å². The Bertz CT molecular complexity index is 822. The number of hydrogen-bond donors (Lipinski definition) is 1. The molecule has 0 aliphatic rings. The van der Waals surface area contributed by atoms with Crippen LogP contribution < -0.4 is 14.8 Å². The lowest BCUT2D eigenvalue weighted by Crippen LogP contribution is -2.09. The first-order valence-electron chi connectivity index (χ1n) is 7.26. The molecule has 0 aliphatic carbocycles. The van der Waals surface area contributed by atoms with Crippen LogP contribution in [0.1, 0.15) is 16.8 Å². The number of nitrogens with zero attached hydrogens (tertiary/aromatic N) is 4. The van der Waals surface area contributed by atoms with Crippen LogP contribution in [0, 0.1) is 13.8 Å². The number of nitrogens with one attached hydrogen (secondary N) is 1. The molecule has 2 aromatic heterocycles. The number of rotatable bonds is 5. The topological polar surface area (TPSA) is 73.6 Å². The van der Waals surface area contributed by atoms with E-state index >= 15 is 0 Å². The molecule has 0 aliphatic heterocycles. The molecule has 0 unspecified atom stereocenters. The molecule has 3 rings (SSSR count). The molecule has 0 saturated carbocycles. The Morgan fingerprint density at radius 1 is 1.13 bits per heavy atom. The summed E-state index contributed by atoms with van der Waals surface area (Å²) in [7, 11) is 3.30. The van der Waals surface area contributed by atoms with Gasteiger partial charge in [-0.25, -0.2) is 0 Å². The highest BCUT2D eigenvalue weighted by Gasteiger charge is 2.14. The highest BCUT2D eigenvalue weighted by Crippen LogP contribution is 2.30. The molecule has 1 aromatic carbocycles. The van der Waals surface area contributed by atoms with Crippen LogP contribution in [-0.2, 0) is 6.54 Å². The van der Waals surface area contributed by atoms with Crippen LogP contribution in [0.15, 0.2) is 24.5 Å². The summed E-state index contributed by atoms with van der Waals surface area (Å²) in [6.45, 7) is 4.52. The Labute approximate surface area is 134 Å². The number of benzene rings is 1. The minimum Gasteiger partial charge on any atom is -0.496 e. The Morgan fingerprint density at radius 3 is 2.48 bits per heavy atom. The zero-order valence-electron chi connectivity index (χ0n) is 13.6.